The fourth-order valence-corrected chi connectivity index (χ4v) is 3.01. The Morgan fingerprint density at radius 1 is 1.05 bits per heavy atom. The number of benzene rings is 2. The van der Waals surface area contributed by atoms with Crippen molar-refractivity contribution in [2.75, 3.05) is 18.0 Å². The van der Waals surface area contributed by atoms with Crippen LogP contribution < -0.4 is 4.90 Å². The molecular weight excluding hydrogens is 292 g/mol. The first-order valence-electron chi connectivity index (χ1n) is 7.49. The van der Waals surface area contributed by atoms with E-state index in [0.29, 0.717) is 10.6 Å². The van der Waals surface area contributed by atoms with Gasteiger partial charge in [-0.1, -0.05) is 41.9 Å². The fraction of sp³-hybridized carbons (Fsp3) is 0.211. The van der Waals surface area contributed by atoms with Gasteiger partial charge in [-0.05, 0) is 42.7 Å². The first-order chi connectivity index (χ1) is 10.8. The van der Waals surface area contributed by atoms with Crippen molar-refractivity contribution in [2.45, 2.75) is 12.8 Å². The van der Waals surface area contributed by atoms with Crippen LogP contribution in [-0.4, -0.2) is 13.1 Å². The Kier molecular flexibility index (Phi) is 4.46. The van der Waals surface area contributed by atoms with Crippen LogP contribution in [0, 0.1) is 11.3 Å². The van der Waals surface area contributed by atoms with Crippen LogP contribution >= 0.6 is 11.6 Å². The molecule has 1 fully saturated rings. The third-order valence-corrected chi connectivity index (χ3v) is 4.29. The van der Waals surface area contributed by atoms with E-state index in [2.05, 4.69) is 35.2 Å². The predicted octanol–water partition coefficient (Wildman–Crippen LogP) is 5.00. The minimum atomic E-state index is 0.583. The average molecular weight is 309 g/mol. The highest BCUT2D eigenvalue weighted by atomic mass is 35.5. The van der Waals surface area contributed by atoms with E-state index in [1.807, 2.05) is 24.3 Å². The molecule has 0 atom stereocenters. The summed E-state index contributed by atoms with van der Waals surface area (Å²) in [6.45, 7) is 2.27. The molecule has 0 N–H and O–H groups in total. The summed E-state index contributed by atoms with van der Waals surface area (Å²) in [5.41, 5.74) is 3.63. The van der Waals surface area contributed by atoms with Gasteiger partial charge in [-0.3, -0.25) is 0 Å². The van der Waals surface area contributed by atoms with E-state index in [1.54, 1.807) is 6.07 Å². The number of rotatable bonds is 3. The zero-order chi connectivity index (χ0) is 15.4. The van der Waals surface area contributed by atoms with Crippen LogP contribution in [0.15, 0.2) is 48.5 Å². The van der Waals surface area contributed by atoms with Crippen LogP contribution in [0.4, 0.5) is 5.69 Å². The monoisotopic (exact) mass is 308 g/mol. The Labute approximate surface area is 136 Å². The molecule has 22 heavy (non-hydrogen) atoms. The molecule has 0 bridgehead atoms. The summed E-state index contributed by atoms with van der Waals surface area (Å²) in [4.78, 5) is 2.40. The highest BCUT2D eigenvalue weighted by Crippen LogP contribution is 2.26. The number of hydrogen-bond acceptors (Lipinski definition) is 2. The molecule has 110 valence electrons. The minimum absolute atomic E-state index is 0.583. The second-order valence-electron chi connectivity index (χ2n) is 5.44. The molecule has 1 aliphatic heterocycles. The van der Waals surface area contributed by atoms with E-state index in [0.717, 1.165) is 24.2 Å². The maximum atomic E-state index is 9.41. The maximum absolute atomic E-state index is 9.41. The molecule has 1 aliphatic rings. The second kappa shape index (κ2) is 6.68. The van der Waals surface area contributed by atoms with Gasteiger partial charge in [0.25, 0.3) is 0 Å². The molecule has 2 aromatic carbocycles. The largest absolute Gasteiger partial charge is 0.372 e. The topological polar surface area (TPSA) is 27.0 Å². The van der Waals surface area contributed by atoms with Crippen molar-refractivity contribution in [1.82, 2.24) is 0 Å². The summed E-state index contributed by atoms with van der Waals surface area (Å²) >= 11 is 6.18. The standard InChI is InChI=1S/C19H17ClN2/c20-19-6-2-1-5-18(19)16(14-21)13-15-7-9-17(10-8-15)22-11-3-4-12-22/h1-2,5-10,13H,3-4,11-12H2. The summed E-state index contributed by atoms with van der Waals surface area (Å²) < 4.78 is 0. The number of halogens is 1. The van der Waals surface area contributed by atoms with Crippen molar-refractivity contribution < 1.29 is 0 Å². The van der Waals surface area contributed by atoms with Crippen LogP contribution in [0.3, 0.4) is 0 Å². The van der Waals surface area contributed by atoms with Gasteiger partial charge in [-0.2, -0.15) is 5.26 Å². The van der Waals surface area contributed by atoms with Crippen molar-refractivity contribution in [1.29, 1.82) is 5.26 Å². The number of allylic oxidation sites excluding steroid dienone is 1. The number of anilines is 1. The van der Waals surface area contributed by atoms with Gasteiger partial charge in [0.2, 0.25) is 0 Å². The smallest absolute Gasteiger partial charge is 0.0998 e. The Bertz CT molecular complexity index is 720. The Morgan fingerprint density at radius 3 is 2.36 bits per heavy atom. The van der Waals surface area contributed by atoms with Gasteiger partial charge in [0.1, 0.15) is 0 Å². The Morgan fingerprint density at radius 2 is 1.73 bits per heavy atom. The quantitative estimate of drug-likeness (QED) is 0.589. The molecule has 3 rings (SSSR count). The van der Waals surface area contributed by atoms with E-state index < -0.39 is 0 Å². The lowest BCUT2D eigenvalue weighted by atomic mass is 10.0. The molecule has 0 unspecified atom stereocenters. The van der Waals surface area contributed by atoms with Gasteiger partial charge in [0, 0.05) is 29.4 Å². The van der Waals surface area contributed by atoms with E-state index in [-0.39, 0.29) is 0 Å². The summed E-state index contributed by atoms with van der Waals surface area (Å²) in [5, 5.41) is 10.0. The van der Waals surface area contributed by atoms with Gasteiger partial charge in [-0.15, -0.1) is 0 Å². The van der Waals surface area contributed by atoms with Gasteiger partial charge in [-0.25, -0.2) is 0 Å². The Balaban J connectivity index is 1.87. The molecule has 3 heteroatoms. The molecule has 0 spiro atoms. The van der Waals surface area contributed by atoms with Crippen molar-refractivity contribution in [3.8, 4) is 6.07 Å². The lowest BCUT2D eigenvalue weighted by Gasteiger charge is -2.17. The van der Waals surface area contributed by atoms with Crippen LogP contribution in [0.2, 0.25) is 5.02 Å². The second-order valence-corrected chi connectivity index (χ2v) is 5.84. The zero-order valence-electron chi connectivity index (χ0n) is 12.3. The van der Waals surface area contributed by atoms with Gasteiger partial charge >= 0.3 is 0 Å². The molecule has 2 nitrogen and oxygen atoms in total. The molecule has 1 saturated heterocycles. The summed E-state index contributed by atoms with van der Waals surface area (Å²) in [6.07, 6.45) is 4.43. The first-order valence-corrected chi connectivity index (χ1v) is 7.87. The van der Waals surface area contributed by atoms with Crippen LogP contribution in [0.25, 0.3) is 11.6 Å². The fourth-order valence-electron chi connectivity index (χ4n) is 2.77. The maximum Gasteiger partial charge on any atom is 0.0998 e. The van der Waals surface area contributed by atoms with Gasteiger partial charge < -0.3 is 4.90 Å². The molecule has 0 aromatic heterocycles. The van der Waals surface area contributed by atoms with Crippen LogP contribution in [0.1, 0.15) is 24.0 Å². The van der Waals surface area contributed by atoms with Crippen LogP contribution in [-0.2, 0) is 0 Å². The molecule has 0 aliphatic carbocycles. The Hall–Kier alpha value is -2.24. The summed E-state index contributed by atoms with van der Waals surface area (Å²) in [7, 11) is 0. The zero-order valence-corrected chi connectivity index (χ0v) is 13.1. The highest BCUT2D eigenvalue weighted by molar-refractivity contribution is 6.32. The van der Waals surface area contributed by atoms with E-state index in [4.69, 9.17) is 11.6 Å². The van der Waals surface area contributed by atoms with E-state index in [1.165, 1.54) is 18.5 Å². The SMILES string of the molecule is N#CC(=Cc1ccc(N2CCCC2)cc1)c1ccccc1Cl. The van der Waals surface area contributed by atoms with Crippen LogP contribution in [0.5, 0.6) is 0 Å². The lowest BCUT2D eigenvalue weighted by Crippen LogP contribution is -2.17. The van der Waals surface area contributed by atoms with E-state index >= 15 is 0 Å². The summed E-state index contributed by atoms with van der Waals surface area (Å²) in [5.74, 6) is 0. The third kappa shape index (κ3) is 3.16. The number of nitriles is 1. The molecule has 0 saturated carbocycles. The predicted molar refractivity (Wildman–Crippen MR) is 92.8 cm³/mol. The first kappa shape index (κ1) is 14.7. The number of hydrogen-bond donors (Lipinski definition) is 0. The average Bonchev–Trinajstić information content (AvgIpc) is 3.08. The van der Waals surface area contributed by atoms with Crippen molar-refractivity contribution >= 4 is 28.9 Å². The van der Waals surface area contributed by atoms with Crippen molar-refractivity contribution in [2.24, 2.45) is 0 Å². The van der Waals surface area contributed by atoms with Crippen molar-refractivity contribution in [3.63, 3.8) is 0 Å². The third-order valence-electron chi connectivity index (χ3n) is 3.96. The molecule has 0 amide bonds. The highest BCUT2D eigenvalue weighted by Gasteiger charge is 2.11. The molecule has 2 aromatic rings. The van der Waals surface area contributed by atoms with E-state index in [9.17, 15) is 5.26 Å². The van der Waals surface area contributed by atoms with Crippen molar-refractivity contribution in [3.05, 3.63) is 64.7 Å². The van der Waals surface area contributed by atoms with Gasteiger partial charge in [0.05, 0.1) is 11.6 Å². The molecular formula is C19H17ClN2. The lowest BCUT2D eigenvalue weighted by molar-refractivity contribution is 0.949. The van der Waals surface area contributed by atoms with Gasteiger partial charge in [0.15, 0.2) is 0 Å². The number of nitrogens with zero attached hydrogens (tertiary/aromatic N) is 2. The normalized spacial score (nSPS) is 14.9. The molecule has 1 heterocycles. The minimum Gasteiger partial charge on any atom is -0.372 e. The molecule has 0 radical (unpaired) electrons. The summed E-state index contributed by atoms with van der Waals surface area (Å²) in [6, 6.07) is 18.0.